The van der Waals surface area contributed by atoms with E-state index < -0.39 is 15.6 Å². The molecule has 3 nitrogen and oxygen atoms in total. The molecule has 9 heteroatoms. The first-order valence-electron chi connectivity index (χ1n) is 1.29. The zero-order valence-electron chi connectivity index (χ0n) is 3.61. The summed E-state index contributed by atoms with van der Waals surface area (Å²) in [4.78, 5) is 0. The van der Waals surface area contributed by atoms with Gasteiger partial charge in [0.05, 0.1) is 0 Å². The third-order valence-electron chi connectivity index (χ3n) is 0.292. The van der Waals surface area contributed by atoms with Crippen molar-refractivity contribution in [2.45, 2.75) is 5.51 Å². The molecule has 0 atom stereocenters. The molecule has 1 N–H and O–H groups in total. The van der Waals surface area contributed by atoms with Crippen molar-refractivity contribution in [3.8, 4) is 0 Å². The van der Waals surface area contributed by atoms with Crippen LogP contribution >= 0.6 is 0 Å². The molecule has 0 rings (SSSR count). The van der Waals surface area contributed by atoms with Crippen molar-refractivity contribution < 1.29 is 48.5 Å². The molecule has 0 aliphatic rings. The van der Waals surface area contributed by atoms with Crippen LogP contribution in [0.5, 0.6) is 0 Å². The molecule has 0 aromatic carbocycles. The Bertz CT molecular complexity index is 173. The van der Waals surface area contributed by atoms with Crippen LogP contribution in [-0.4, -0.2) is 48.0 Å². The molecule has 63 valence electrons. The van der Waals surface area contributed by atoms with Crippen molar-refractivity contribution >= 4 is 39.7 Å². The van der Waals surface area contributed by atoms with Gasteiger partial charge in [-0.25, -0.2) is 0 Å². The molecule has 0 saturated heterocycles. The standard InChI is InChI=1S/CHF3O3S.Ag.Na.H/c2-1(3,4)8(5,6)7;;;/h(H,5,6,7);;;. The van der Waals surface area contributed by atoms with E-state index in [0.29, 0.717) is 0 Å². The maximum absolute atomic E-state index is 10.7. The predicted molar refractivity (Wildman–Crippen MR) is 24.8 cm³/mol. The van der Waals surface area contributed by atoms with Crippen molar-refractivity contribution in [3.63, 3.8) is 0 Å². The van der Waals surface area contributed by atoms with E-state index >= 15 is 0 Å². The monoisotopic (exact) mass is 281 g/mol. The Morgan fingerprint density at radius 2 is 1.30 bits per heavy atom. The van der Waals surface area contributed by atoms with Gasteiger partial charge in [-0.3, -0.25) is 4.55 Å². The second-order valence-corrected chi connectivity index (χ2v) is 2.33. The van der Waals surface area contributed by atoms with Gasteiger partial charge in [-0.2, -0.15) is 21.6 Å². The molecular weight excluding hydrogens is 280 g/mol. The number of hydrogen-bond acceptors (Lipinski definition) is 2. The van der Waals surface area contributed by atoms with Crippen LogP contribution in [0.2, 0.25) is 0 Å². The Kier molecular flexibility index (Phi) is 9.02. The molecule has 0 amide bonds. The topological polar surface area (TPSA) is 54.4 Å². The quantitative estimate of drug-likeness (QED) is 0.378. The van der Waals surface area contributed by atoms with Crippen molar-refractivity contribution in [1.29, 1.82) is 0 Å². The van der Waals surface area contributed by atoms with Crippen LogP contribution < -0.4 is 0 Å². The van der Waals surface area contributed by atoms with Gasteiger partial charge in [0.25, 0.3) is 0 Å². The van der Waals surface area contributed by atoms with Crippen molar-refractivity contribution in [2.24, 2.45) is 0 Å². The molecule has 0 aliphatic heterocycles. The van der Waals surface area contributed by atoms with Crippen LogP contribution in [-0.2, 0) is 32.5 Å². The Morgan fingerprint density at radius 3 is 1.30 bits per heavy atom. The fraction of sp³-hybridized carbons (Fsp3) is 1.00. The summed E-state index contributed by atoms with van der Waals surface area (Å²) in [5, 5.41) is 0. The van der Waals surface area contributed by atoms with E-state index in [1.54, 1.807) is 0 Å². The Morgan fingerprint density at radius 1 is 1.20 bits per heavy atom. The zero-order valence-corrected chi connectivity index (χ0v) is 5.91. The van der Waals surface area contributed by atoms with Gasteiger partial charge in [0.2, 0.25) is 0 Å². The zero-order chi connectivity index (χ0) is 7.00. The molecule has 0 fully saturated rings. The second-order valence-electron chi connectivity index (χ2n) is 0.921. The van der Waals surface area contributed by atoms with E-state index in [9.17, 15) is 13.2 Å². The molecule has 0 spiro atoms. The summed E-state index contributed by atoms with van der Waals surface area (Å²) in [6.07, 6.45) is 0. The van der Waals surface area contributed by atoms with Crippen LogP contribution in [0.1, 0.15) is 0 Å². The van der Waals surface area contributed by atoms with E-state index in [0.717, 1.165) is 0 Å². The summed E-state index contributed by atoms with van der Waals surface area (Å²) < 4.78 is 57.5. The minimum absolute atomic E-state index is 0. The fourth-order valence-electron chi connectivity index (χ4n) is 0. The molecule has 0 unspecified atom stereocenters. The molecule has 0 aromatic rings. The van der Waals surface area contributed by atoms with Crippen molar-refractivity contribution in [3.05, 3.63) is 0 Å². The van der Waals surface area contributed by atoms with E-state index in [1.165, 1.54) is 0 Å². The molecule has 0 saturated carbocycles. The third-order valence-corrected chi connectivity index (χ3v) is 0.877. The average Bonchev–Trinajstić information content (AvgIpc) is 1.25. The van der Waals surface area contributed by atoms with E-state index in [4.69, 9.17) is 13.0 Å². The first kappa shape index (κ1) is 17.5. The minimum atomic E-state index is -5.84. The van der Waals surface area contributed by atoms with Gasteiger partial charge < -0.3 is 0 Å². The summed E-state index contributed by atoms with van der Waals surface area (Å²) in [6.45, 7) is 0. The SMILES string of the molecule is O=S(=O)(O)C(F)(F)F.[Ag].[NaH]. The van der Waals surface area contributed by atoms with Gasteiger partial charge >= 0.3 is 45.2 Å². The van der Waals surface area contributed by atoms with Crippen LogP contribution in [0.4, 0.5) is 13.2 Å². The normalized spacial score (nSPS) is 11.2. The van der Waals surface area contributed by atoms with E-state index in [-0.39, 0.29) is 51.9 Å². The summed E-state index contributed by atoms with van der Waals surface area (Å²) in [5.74, 6) is 0. The van der Waals surface area contributed by atoms with E-state index in [2.05, 4.69) is 0 Å². The van der Waals surface area contributed by atoms with Crippen LogP contribution in [0.15, 0.2) is 0 Å². The van der Waals surface area contributed by atoms with Crippen LogP contribution in [0.3, 0.4) is 0 Å². The van der Waals surface area contributed by atoms with Gasteiger partial charge in [0.1, 0.15) is 0 Å². The number of hydrogen-bond donors (Lipinski definition) is 1. The molecule has 0 heterocycles. The Balaban J connectivity index is -0.000000245. The molecule has 0 aromatic heterocycles. The fourth-order valence-corrected chi connectivity index (χ4v) is 0. The molecule has 0 bridgehead atoms. The Hall–Kier alpha value is 1.44. The van der Waals surface area contributed by atoms with Crippen molar-refractivity contribution in [2.75, 3.05) is 0 Å². The summed E-state index contributed by atoms with van der Waals surface area (Å²) in [7, 11) is -5.84. The first-order valence-corrected chi connectivity index (χ1v) is 2.73. The molecule has 10 heavy (non-hydrogen) atoms. The predicted octanol–water partition coefficient (Wildman–Crippen LogP) is -0.257. The molecule has 0 aliphatic carbocycles. The maximum atomic E-state index is 10.7. The third kappa shape index (κ3) is 6.17. The van der Waals surface area contributed by atoms with Gasteiger partial charge in [-0.05, 0) is 0 Å². The van der Waals surface area contributed by atoms with Crippen LogP contribution in [0, 0.1) is 0 Å². The summed E-state index contributed by atoms with van der Waals surface area (Å²) in [5.41, 5.74) is -5.53. The number of rotatable bonds is 0. The Labute approximate surface area is 92.9 Å². The van der Waals surface area contributed by atoms with Crippen LogP contribution in [0.25, 0.3) is 0 Å². The number of halogens is 3. The summed E-state index contributed by atoms with van der Waals surface area (Å²) >= 11 is 0. The van der Waals surface area contributed by atoms with Gasteiger partial charge in [-0.15, -0.1) is 0 Å². The second kappa shape index (κ2) is 5.15. The average molecular weight is 282 g/mol. The molecule has 1 radical (unpaired) electrons. The van der Waals surface area contributed by atoms with Crippen molar-refractivity contribution in [1.82, 2.24) is 0 Å². The van der Waals surface area contributed by atoms with Gasteiger partial charge in [0, 0.05) is 22.4 Å². The number of alkyl halides is 3. The first-order chi connectivity index (χ1) is 3.25. The molecular formula is CH2AgF3NaO3S. The van der Waals surface area contributed by atoms with E-state index in [1.807, 2.05) is 0 Å². The van der Waals surface area contributed by atoms with Gasteiger partial charge in [0.15, 0.2) is 0 Å². The summed E-state index contributed by atoms with van der Waals surface area (Å²) in [6, 6.07) is 0. The van der Waals surface area contributed by atoms with Gasteiger partial charge in [-0.1, -0.05) is 0 Å².